The molecule has 0 bridgehead atoms. The van der Waals surface area contributed by atoms with Crippen LogP contribution in [0.3, 0.4) is 0 Å². The molecule has 90 valence electrons. The molecule has 0 spiro atoms. The molecule has 0 unspecified atom stereocenters. The van der Waals surface area contributed by atoms with Gasteiger partial charge in [0.15, 0.2) is 0 Å². The molecule has 0 aromatic heterocycles. The van der Waals surface area contributed by atoms with Gasteiger partial charge in [-0.15, -0.1) is 0 Å². The predicted molar refractivity (Wildman–Crippen MR) is 59.6 cm³/mol. The fourth-order valence-corrected chi connectivity index (χ4v) is 1.90. The molecule has 0 atom stereocenters. The van der Waals surface area contributed by atoms with Gasteiger partial charge < -0.3 is 5.73 Å². The van der Waals surface area contributed by atoms with Gasteiger partial charge in [0.05, 0.1) is 15.9 Å². The Morgan fingerprint density at radius 2 is 1.82 bits per heavy atom. The van der Waals surface area contributed by atoms with E-state index in [1.807, 2.05) is 0 Å². The Hall–Kier alpha value is -2.02. The fraction of sp³-hybridized carbons (Fsp3) is 0.400. The molecular weight excluding hydrogens is 226 g/mol. The van der Waals surface area contributed by atoms with Crippen LogP contribution in [0.15, 0.2) is 12.1 Å². The Balaban J connectivity index is 2.66. The highest BCUT2D eigenvalue weighted by Gasteiger charge is 2.43. The second kappa shape index (κ2) is 3.49. The molecule has 1 aromatic carbocycles. The van der Waals surface area contributed by atoms with E-state index in [1.165, 1.54) is 6.07 Å². The molecule has 0 heterocycles. The van der Waals surface area contributed by atoms with Gasteiger partial charge in [0.2, 0.25) is 0 Å². The van der Waals surface area contributed by atoms with Gasteiger partial charge in [-0.3, -0.25) is 20.2 Å². The zero-order chi connectivity index (χ0) is 12.8. The van der Waals surface area contributed by atoms with Gasteiger partial charge in [0, 0.05) is 17.2 Å². The quantitative estimate of drug-likeness (QED) is 0.635. The standard InChI is InChI=1S/C10H11N3O4/c1-6-8(10(11)2-3-10)4-7(12(14)15)5-9(6)13(16)17/h4-5H,2-3,11H2,1H3. The number of benzene rings is 1. The van der Waals surface area contributed by atoms with Crippen molar-refractivity contribution < 1.29 is 9.85 Å². The van der Waals surface area contributed by atoms with Crippen molar-refractivity contribution >= 4 is 11.4 Å². The van der Waals surface area contributed by atoms with Gasteiger partial charge in [-0.25, -0.2) is 0 Å². The number of nitrogens with zero attached hydrogens (tertiary/aromatic N) is 2. The van der Waals surface area contributed by atoms with E-state index in [0.29, 0.717) is 24.0 Å². The van der Waals surface area contributed by atoms with E-state index < -0.39 is 15.4 Å². The molecule has 2 N–H and O–H groups in total. The first-order valence-corrected chi connectivity index (χ1v) is 5.08. The van der Waals surface area contributed by atoms with Crippen LogP contribution in [-0.4, -0.2) is 9.85 Å². The Morgan fingerprint density at radius 1 is 1.24 bits per heavy atom. The maximum absolute atomic E-state index is 10.8. The van der Waals surface area contributed by atoms with Gasteiger partial charge in [0.25, 0.3) is 11.4 Å². The van der Waals surface area contributed by atoms with E-state index in [-0.39, 0.29) is 11.4 Å². The molecule has 17 heavy (non-hydrogen) atoms. The summed E-state index contributed by atoms with van der Waals surface area (Å²) in [6.45, 7) is 1.57. The monoisotopic (exact) mass is 237 g/mol. The van der Waals surface area contributed by atoms with Gasteiger partial charge in [0.1, 0.15) is 0 Å². The fourth-order valence-electron chi connectivity index (χ4n) is 1.90. The summed E-state index contributed by atoms with van der Waals surface area (Å²) >= 11 is 0. The maximum Gasteiger partial charge on any atom is 0.279 e. The van der Waals surface area contributed by atoms with Crippen molar-refractivity contribution in [3.05, 3.63) is 43.5 Å². The lowest BCUT2D eigenvalue weighted by Gasteiger charge is -2.12. The summed E-state index contributed by atoms with van der Waals surface area (Å²) in [6.07, 6.45) is 1.40. The zero-order valence-electron chi connectivity index (χ0n) is 9.17. The molecule has 7 heteroatoms. The van der Waals surface area contributed by atoms with Crippen LogP contribution in [-0.2, 0) is 5.54 Å². The number of nitro benzene ring substituents is 2. The van der Waals surface area contributed by atoms with Crippen LogP contribution in [0, 0.1) is 27.2 Å². The lowest BCUT2D eigenvalue weighted by Crippen LogP contribution is -2.20. The summed E-state index contributed by atoms with van der Waals surface area (Å²) in [7, 11) is 0. The van der Waals surface area contributed by atoms with Crippen molar-refractivity contribution in [2.75, 3.05) is 0 Å². The third-order valence-electron chi connectivity index (χ3n) is 3.10. The van der Waals surface area contributed by atoms with Crippen LogP contribution in [0.5, 0.6) is 0 Å². The van der Waals surface area contributed by atoms with Crippen LogP contribution in [0.1, 0.15) is 24.0 Å². The van der Waals surface area contributed by atoms with Crippen LogP contribution in [0.25, 0.3) is 0 Å². The van der Waals surface area contributed by atoms with Crippen LogP contribution in [0.4, 0.5) is 11.4 Å². The van der Waals surface area contributed by atoms with Crippen LogP contribution in [0.2, 0.25) is 0 Å². The minimum Gasteiger partial charge on any atom is -0.321 e. The average Bonchev–Trinajstić information content (AvgIpc) is 2.96. The van der Waals surface area contributed by atoms with Crippen molar-refractivity contribution in [3.8, 4) is 0 Å². The number of hydrogen-bond acceptors (Lipinski definition) is 5. The van der Waals surface area contributed by atoms with Gasteiger partial charge in [-0.2, -0.15) is 0 Å². The number of rotatable bonds is 3. The topological polar surface area (TPSA) is 112 Å². The normalized spacial score (nSPS) is 16.6. The average molecular weight is 237 g/mol. The first-order chi connectivity index (χ1) is 7.85. The van der Waals surface area contributed by atoms with E-state index in [9.17, 15) is 20.2 Å². The molecule has 0 aliphatic heterocycles. The molecule has 1 aliphatic carbocycles. The Labute approximate surface area is 96.5 Å². The van der Waals surface area contributed by atoms with Crippen molar-refractivity contribution in [2.45, 2.75) is 25.3 Å². The molecule has 1 aliphatic rings. The minimum atomic E-state index is -0.637. The summed E-state index contributed by atoms with van der Waals surface area (Å²) in [5.41, 5.74) is 5.74. The lowest BCUT2D eigenvalue weighted by molar-refractivity contribution is -0.394. The van der Waals surface area contributed by atoms with Crippen molar-refractivity contribution in [3.63, 3.8) is 0 Å². The highest BCUT2D eigenvalue weighted by atomic mass is 16.6. The second-order valence-electron chi connectivity index (χ2n) is 4.31. The largest absolute Gasteiger partial charge is 0.321 e. The summed E-state index contributed by atoms with van der Waals surface area (Å²) in [6, 6.07) is 2.32. The van der Waals surface area contributed by atoms with Crippen molar-refractivity contribution in [1.82, 2.24) is 0 Å². The smallest absolute Gasteiger partial charge is 0.279 e. The molecule has 1 fully saturated rings. The summed E-state index contributed by atoms with van der Waals surface area (Å²) in [5.74, 6) is 0. The van der Waals surface area contributed by atoms with Gasteiger partial charge >= 0.3 is 0 Å². The maximum atomic E-state index is 10.8. The number of nitro groups is 2. The first-order valence-electron chi connectivity index (χ1n) is 5.08. The molecular formula is C10H11N3O4. The molecule has 0 amide bonds. The van der Waals surface area contributed by atoms with Gasteiger partial charge in [-0.1, -0.05) is 0 Å². The van der Waals surface area contributed by atoms with E-state index in [2.05, 4.69) is 0 Å². The summed E-state index contributed by atoms with van der Waals surface area (Å²) < 4.78 is 0. The number of nitrogens with two attached hydrogens (primary N) is 1. The Morgan fingerprint density at radius 3 is 2.24 bits per heavy atom. The summed E-state index contributed by atoms with van der Waals surface area (Å²) in [5, 5.41) is 21.6. The van der Waals surface area contributed by atoms with Gasteiger partial charge in [-0.05, 0) is 25.3 Å². The lowest BCUT2D eigenvalue weighted by atomic mass is 9.97. The molecule has 1 saturated carbocycles. The molecule has 1 aromatic rings. The van der Waals surface area contributed by atoms with E-state index in [0.717, 1.165) is 6.07 Å². The highest BCUT2D eigenvalue weighted by Crippen LogP contribution is 2.46. The highest BCUT2D eigenvalue weighted by molar-refractivity contribution is 5.56. The summed E-state index contributed by atoms with van der Waals surface area (Å²) in [4.78, 5) is 20.3. The van der Waals surface area contributed by atoms with E-state index in [1.54, 1.807) is 6.92 Å². The molecule has 7 nitrogen and oxygen atoms in total. The third kappa shape index (κ3) is 1.84. The van der Waals surface area contributed by atoms with Crippen LogP contribution < -0.4 is 5.73 Å². The van der Waals surface area contributed by atoms with E-state index in [4.69, 9.17) is 5.73 Å². The zero-order valence-corrected chi connectivity index (χ0v) is 9.17. The Kier molecular flexibility index (Phi) is 2.35. The van der Waals surface area contributed by atoms with E-state index >= 15 is 0 Å². The SMILES string of the molecule is Cc1c([N+](=O)[O-])cc([N+](=O)[O-])cc1C1(N)CC1. The first kappa shape index (κ1) is 11.5. The number of hydrogen-bond donors (Lipinski definition) is 1. The minimum absolute atomic E-state index is 0.245. The molecule has 2 rings (SSSR count). The van der Waals surface area contributed by atoms with Crippen molar-refractivity contribution in [2.24, 2.45) is 5.73 Å². The molecule has 0 radical (unpaired) electrons. The van der Waals surface area contributed by atoms with Crippen molar-refractivity contribution in [1.29, 1.82) is 0 Å². The second-order valence-corrected chi connectivity index (χ2v) is 4.31. The third-order valence-corrected chi connectivity index (χ3v) is 3.10. The van der Waals surface area contributed by atoms with Crippen LogP contribution >= 0.6 is 0 Å². The molecule has 0 saturated heterocycles. The predicted octanol–water partition coefficient (Wildman–Crippen LogP) is 1.76. The number of non-ortho nitro benzene ring substituents is 1. The Bertz CT molecular complexity index is 523.